The SMILES string of the molecule is CC(C)c1ccccc1Sc1ccc(COC(=O)N2CCC(=O)CC2)c(Cl)c1Cl. The number of hydrogen-bond donors (Lipinski definition) is 0. The van der Waals surface area contributed by atoms with Crippen molar-refractivity contribution in [2.75, 3.05) is 13.1 Å². The molecule has 0 radical (unpaired) electrons. The number of amides is 1. The first-order valence-electron chi connectivity index (χ1n) is 9.54. The lowest BCUT2D eigenvalue weighted by atomic mass is 10.0. The maximum Gasteiger partial charge on any atom is 0.410 e. The highest BCUT2D eigenvalue weighted by atomic mass is 35.5. The van der Waals surface area contributed by atoms with E-state index in [4.69, 9.17) is 27.9 Å². The Bertz CT molecular complexity index is 907. The van der Waals surface area contributed by atoms with Crippen molar-refractivity contribution in [2.24, 2.45) is 0 Å². The molecule has 0 aromatic heterocycles. The van der Waals surface area contributed by atoms with Gasteiger partial charge in [-0.1, -0.05) is 73.1 Å². The summed E-state index contributed by atoms with van der Waals surface area (Å²) in [7, 11) is 0. The summed E-state index contributed by atoms with van der Waals surface area (Å²) in [4.78, 5) is 27.0. The molecule has 0 saturated carbocycles. The van der Waals surface area contributed by atoms with Crippen molar-refractivity contribution in [3.8, 4) is 0 Å². The lowest BCUT2D eigenvalue weighted by Gasteiger charge is -2.25. The summed E-state index contributed by atoms with van der Waals surface area (Å²) in [6.45, 7) is 5.15. The highest BCUT2D eigenvalue weighted by Crippen LogP contribution is 2.41. The normalized spacial score (nSPS) is 14.4. The van der Waals surface area contributed by atoms with Gasteiger partial charge in [-0.05, 0) is 23.6 Å². The maximum atomic E-state index is 12.2. The van der Waals surface area contributed by atoms with Gasteiger partial charge in [0.15, 0.2) is 0 Å². The molecule has 1 heterocycles. The number of carbonyl (C=O) groups excluding carboxylic acids is 2. The van der Waals surface area contributed by atoms with Crippen LogP contribution in [0.15, 0.2) is 46.2 Å². The van der Waals surface area contributed by atoms with Crippen molar-refractivity contribution in [1.29, 1.82) is 0 Å². The summed E-state index contributed by atoms with van der Waals surface area (Å²) < 4.78 is 5.37. The van der Waals surface area contributed by atoms with Crippen molar-refractivity contribution >= 4 is 46.8 Å². The van der Waals surface area contributed by atoms with Gasteiger partial charge < -0.3 is 9.64 Å². The number of piperidine rings is 1. The number of benzene rings is 2. The fourth-order valence-corrected chi connectivity index (χ4v) is 4.81. The van der Waals surface area contributed by atoms with Crippen LogP contribution < -0.4 is 0 Å². The van der Waals surface area contributed by atoms with E-state index in [2.05, 4.69) is 26.0 Å². The summed E-state index contributed by atoms with van der Waals surface area (Å²) in [5.74, 6) is 0.577. The zero-order chi connectivity index (χ0) is 21.0. The van der Waals surface area contributed by atoms with Gasteiger partial charge in [0.1, 0.15) is 12.4 Å². The van der Waals surface area contributed by atoms with Crippen LogP contribution in [0.25, 0.3) is 0 Å². The Hall–Kier alpha value is -1.69. The molecule has 154 valence electrons. The van der Waals surface area contributed by atoms with E-state index in [1.807, 2.05) is 24.3 Å². The first kappa shape index (κ1) is 22.0. The summed E-state index contributed by atoms with van der Waals surface area (Å²) in [6, 6.07) is 12.0. The molecule has 0 bridgehead atoms. The van der Waals surface area contributed by atoms with Crippen LogP contribution in [0.2, 0.25) is 10.0 Å². The Morgan fingerprint density at radius 1 is 1.07 bits per heavy atom. The minimum absolute atomic E-state index is 0.0371. The van der Waals surface area contributed by atoms with E-state index in [-0.39, 0.29) is 12.4 Å². The highest BCUT2D eigenvalue weighted by Gasteiger charge is 2.22. The van der Waals surface area contributed by atoms with Gasteiger partial charge in [0.2, 0.25) is 0 Å². The van der Waals surface area contributed by atoms with Gasteiger partial charge in [0.05, 0.1) is 10.0 Å². The number of halogens is 2. The highest BCUT2D eigenvalue weighted by molar-refractivity contribution is 7.99. The number of carbonyl (C=O) groups is 2. The molecule has 1 amide bonds. The van der Waals surface area contributed by atoms with Gasteiger partial charge in [-0.15, -0.1) is 0 Å². The Morgan fingerprint density at radius 2 is 1.76 bits per heavy atom. The molecule has 0 unspecified atom stereocenters. The van der Waals surface area contributed by atoms with E-state index in [9.17, 15) is 9.59 Å². The van der Waals surface area contributed by atoms with Crippen LogP contribution >= 0.6 is 35.0 Å². The molecular weight excluding hydrogens is 429 g/mol. The Kier molecular flexibility index (Phi) is 7.49. The van der Waals surface area contributed by atoms with Gasteiger partial charge in [-0.25, -0.2) is 4.79 Å². The van der Waals surface area contributed by atoms with Crippen molar-refractivity contribution in [1.82, 2.24) is 4.90 Å². The van der Waals surface area contributed by atoms with Crippen molar-refractivity contribution in [3.05, 3.63) is 57.6 Å². The molecule has 1 aliphatic rings. The van der Waals surface area contributed by atoms with Gasteiger partial charge in [-0.2, -0.15) is 0 Å². The van der Waals surface area contributed by atoms with Crippen LogP contribution in [0.1, 0.15) is 43.7 Å². The zero-order valence-electron chi connectivity index (χ0n) is 16.4. The molecule has 0 spiro atoms. The molecule has 4 nitrogen and oxygen atoms in total. The summed E-state index contributed by atoms with van der Waals surface area (Å²) >= 11 is 14.6. The Labute approximate surface area is 185 Å². The van der Waals surface area contributed by atoms with E-state index in [0.717, 1.165) is 9.79 Å². The summed E-state index contributed by atoms with van der Waals surface area (Å²) in [5, 5.41) is 0.840. The molecule has 0 N–H and O–H groups in total. The second-order valence-corrected chi connectivity index (χ2v) is 9.07. The predicted octanol–water partition coefficient (Wildman–Crippen LogP) is 6.57. The molecular formula is C22H23Cl2NO3S. The van der Waals surface area contributed by atoms with Gasteiger partial charge in [0, 0.05) is 41.3 Å². The molecule has 0 atom stereocenters. The monoisotopic (exact) mass is 451 g/mol. The Morgan fingerprint density at radius 3 is 2.45 bits per heavy atom. The van der Waals surface area contributed by atoms with Crippen LogP contribution in [-0.4, -0.2) is 29.9 Å². The standard InChI is InChI=1S/C22H23Cl2NO3S/c1-14(2)17-5-3-4-6-18(17)29-19-8-7-15(20(23)21(19)24)13-28-22(27)25-11-9-16(26)10-12-25/h3-8,14H,9-13H2,1-2H3. The summed E-state index contributed by atoms with van der Waals surface area (Å²) in [5.41, 5.74) is 1.90. The number of Topliss-reactive ketones (excluding diaryl/α,β-unsaturated/α-hetero) is 1. The fourth-order valence-electron chi connectivity index (χ4n) is 3.10. The molecule has 1 saturated heterocycles. The summed E-state index contributed by atoms with van der Waals surface area (Å²) in [6.07, 6.45) is 0.325. The van der Waals surface area contributed by atoms with E-state index < -0.39 is 6.09 Å². The lowest BCUT2D eigenvalue weighted by molar-refractivity contribution is -0.121. The number of rotatable bonds is 5. The van der Waals surface area contributed by atoms with E-state index in [0.29, 0.717) is 47.5 Å². The molecule has 29 heavy (non-hydrogen) atoms. The molecule has 1 aliphatic heterocycles. The van der Waals surface area contributed by atoms with Crippen LogP contribution in [0.5, 0.6) is 0 Å². The van der Waals surface area contributed by atoms with Gasteiger partial charge >= 0.3 is 6.09 Å². The smallest absolute Gasteiger partial charge is 0.410 e. The second kappa shape index (κ2) is 9.88. The number of hydrogen-bond acceptors (Lipinski definition) is 4. The minimum Gasteiger partial charge on any atom is -0.444 e. The van der Waals surface area contributed by atoms with Crippen molar-refractivity contribution in [3.63, 3.8) is 0 Å². The minimum atomic E-state index is -0.436. The van der Waals surface area contributed by atoms with Crippen LogP contribution in [-0.2, 0) is 16.1 Å². The third-order valence-electron chi connectivity index (χ3n) is 4.82. The number of likely N-dealkylation sites (tertiary alicyclic amines) is 1. The topological polar surface area (TPSA) is 46.6 Å². The fraction of sp³-hybridized carbons (Fsp3) is 0.364. The van der Waals surface area contributed by atoms with Crippen molar-refractivity contribution in [2.45, 2.75) is 49.0 Å². The van der Waals surface area contributed by atoms with Gasteiger partial charge in [0.25, 0.3) is 0 Å². The van der Waals surface area contributed by atoms with Crippen LogP contribution in [0.4, 0.5) is 4.79 Å². The lowest BCUT2D eigenvalue weighted by Crippen LogP contribution is -2.38. The third-order valence-corrected chi connectivity index (χ3v) is 7.00. The largest absolute Gasteiger partial charge is 0.444 e. The first-order valence-corrected chi connectivity index (χ1v) is 11.1. The third kappa shape index (κ3) is 5.47. The maximum absolute atomic E-state index is 12.2. The number of ketones is 1. The van der Waals surface area contributed by atoms with Crippen molar-refractivity contribution < 1.29 is 14.3 Å². The average molecular weight is 452 g/mol. The molecule has 7 heteroatoms. The van der Waals surface area contributed by atoms with E-state index in [1.54, 1.807) is 16.7 Å². The first-order chi connectivity index (χ1) is 13.9. The number of nitrogens with zero attached hydrogens (tertiary/aromatic N) is 1. The van der Waals surface area contributed by atoms with E-state index >= 15 is 0 Å². The van der Waals surface area contributed by atoms with Gasteiger partial charge in [-0.3, -0.25) is 4.79 Å². The molecule has 2 aromatic carbocycles. The molecule has 3 rings (SSSR count). The number of ether oxygens (including phenoxy) is 1. The molecule has 2 aromatic rings. The molecule has 0 aliphatic carbocycles. The molecule has 1 fully saturated rings. The van der Waals surface area contributed by atoms with Crippen LogP contribution in [0.3, 0.4) is 0 Å². The predicted molar refractivity (Wildman–Crippen MR) is 117 cm³/mol. The second-order valence-electron chi connectivity index (χ2n) is 7.23. The average Bonchev–Trinajstić information content (AvgIpc) is 2.71. The zero-order valence-corrected chi connectivity index (χ0v) is 18.7. The Balaban J connectivity index is 1.68. The van der Waals surface area contributed by atoms with Crippen LogP contribution in [0, 0.1) is 0 Å². The van der Waals surface area contributed by atoms with E-state index in [1.165, 1.54) is 5.56 Å². The quantitative estimate of drug-likeness (QED) is 0.515.